The van der Waals surface area contributed by atoms with Gasteiger partial charge >= 0.3 is 0 Å². The molecule has 3 heteroatoms. The highest BCUT2D eigenvalue weighted by molar-refractivity contribution is 6.50. The van der Waals surface area contributed by atoms with Crippen molar-refractivity contribution < 1.29 is 5.02 Å². The Balaban J connectivity index is 2.24. The average molecular weight is 113 g/mol. The Bertz CT molecular complexity index is 70.8. The molecule has 0 radical (unpaired) electrons. The fourth-order valence-corrected chi connectivity index (χ4v) is 1.09. The van der Waals surface area contributed by atoms with E-state index in [0.29, 0.717) is 5.82 Å². The molecule has 1 aliphatic heterocycles. The molecule has 0 amide bonds. The van der Waals surface area contributed by atoms with E-state index < -0.39 is 0 Å². The third-order valence-electron chi connectivity index (χ3n) is 1.78. The van der Waals surface area contributed by atoms with Crippen LogP contribution in [-0.2, 0) is 0 Å². The molecule has 0 aromatic heterocycles. The van der Waals surface area contributed by atoms with Crippen molar-refractivity contribution in [1.29, 1.82) is 0 Å². The first-order valence-corrected chi connectivity index (χ1v) is 3.19. The topological polar surface area (TPSA) is 32.3 Å². The minimum absolute atomic E-state index is 0.120. The molecule has 0 saturated carbocycles. The van der Waals surface area contributed by atoms with Crippen LogP contribution < -0.4 is 5.32 Å². The van der Waals surface area contributed by atoms with Crippen molar-refractivity contribution in [3.8, 4) is 0 Å². The average Bonchev–Trinajstić information content (AvgIpc) is 2.12. The molecule has 2 nitrogen and oxygen atoms in total. The molecule has 1 rings (SSSR count). The molecule has 1 atom stereocenters. The van der Waals surface area contributed by atoms with E-state index in [4.69, 9.17) is 5.02 Å². The molecule has 0 aromatic carbocycles. The van der Waals surface area contributed by atoms with Crippen molar-refractivity contribution in [2.75, 3.05) is 13.1 Å². The molecule has 1 heterocycles. The van der Waals surface area contributed by atoms with Gasteiger partial charge in [-0.3, -0.25) is 0 Å². The molecule has 46 valence electrons. The van der Waals surface area contributed by atoms with Crippen molar-refractivity contribution in [1.82, 2.24) is 5.32 Å². The summed E-state index contributed by atoms with van der Waals surface area (Å²) in [7, 11) is 0. The Morgan fingerprint density at radius 2 is 2.50 bits per heavy atom. The van der Waals surface area contributed by atoms with Crippen LogP contribution in [0.25, 0.3) is 0 Å². The number of rotatable bonds is 1. The SMILES string of the molecule is CB(O)C1CCNC1. The molecular weight excluding hydrogens is 101 g/mol. The van der Waals surface area contributed by atoms with Gasteiger partial charge in [0.2, 0.25) is 0 Å². The minimum atomic E-state index is -0.120. The van der Waals surface area contributed by atoms with Gasteiger partial charge in [0.15, 0.2) is 0 Å². The lowest BCUT2D eigenvalue weighted by molar-refractivity contribution is 0.555. The highest BCUT2D eigenvalue weighted by Gasteiger charge is 2.22. The van der Waals surface area contributed by atoms with Gasteiger partial charge in [0, 0.05) is 0 Å². The van der Waals surface area contributed by atoms with Crippen LogP contribution in [0.4, 0.5) is 0 Å². The van der Waals surface area contributed by atoms with Gasteiger partial charge in [-0.25, -0.2) is 0 Å². The summed E-state index contributed by atoms with van der Waals surface area (Å²) < 4.78 is 0. The van der Waals surface area contributed by atoms with Crippen LogP contribution in [0.15, 0.2) is 0 Å². The zero-order valence-electron chi connectivity index (χ0n) is 5.22. The maximum absolute atomic E-state index is 9.01. The van der Waals surface area contributed by atoms with Gasteiger partial charge in [-0.2, -0.15) is 0 Å². The van der Waals surface area contributed by atoms with Gasteiger partial charge in [0.25, 0.3) is 6.92 Å². The first kappa shape index (κ1) is 6.11. The Morgan fingerprint density at radius 3 is 2.75 bits per heavy atom. The van der Waals surface area contributed by atoms with Crippen molar-refractivity contribution in [2.45, 2.75) is 19.1 Å². The molecule has 1 aliphatic rings. The zero-order valence-corrected chi connectivity index (χ0v) is 5.22. The summed E-state index contributed by atoms with van der Waals surface area (Å²) in [5.41, 5.74) is 0. The van der Waals surface area contributed by atoms with E-state index in [1.807, 2.05) is 6.82 Å². The molecule has 0 bridgehead atoms. The van der Waals surface area contributed by atoms with Gasteiger partial charge < -0.3 is 10.3 Å². The highest BCUT2D eigenvalue weighted by atomic mass is 16.2. The van der Waals surface area contributed by atoms with Gasteiger partial charge in [-0.1, -0.05) is 6.82 Å². The van der Waals surface area contributed by atoms with Crippen LogP contribution >= 0.6 is 0 Å². The highest BCUT2D eigenvalue weighted by Crippen LogP contribution is 2.15. The number of nitrogens with one attached hydrogen (secondary N) is 1. The molecule has 0 spiro atoms. The minimum Gasteiger partial charge on any atom is -0.450 e. The molecular formula is C5H12BNO. The van der Waals surface area contributed by atoms with Crippen LogP contribution in [-0.4, -0.2) is 25.0 Å². The lowest BCUT2D eigenvalue weighted by atomic mass is 9.58. The van der Waals surface area contributed by atoms with Crippen molar-refractivity contribution >= 4 is 6.92 Å². The van der Waals surface area contributed by atoms with Gasteiger partial charge in [0.1, 0.15) is 0 Å². The van der Waals surface area contributed by atoms with Crippen molar-refractivity contribution in [3.63, 3.8) is 0 Å². The summed E-state index contributed by atoms with van der Waals surface area (Å²) in [6.07, 6.45) is 1.14. The maximum Gasteiger partial charge on any atom is 0.290 e. The summed E-state index contributed by atoms with van der Waals surface area (Å²) in [6.45, 7) is 3.82. The van der Waals surface area contributed by atoms with Crippen LogP contribution in [0.1, 0.15) is 6.42 Å². The van der Waals surface area contributed by atoms with Gasteiger partial charge in [0.05, 0.1) is 0 Å². The van der Waals surface area contributed by atoms with E-state index in [1.165, 1.54) is 0 Å². The smallest absolute Gasteiger partial charge is 0.290 e. The third kappa shape index (κ3) is 1.23. The van der Waals surface area contributed by atoms with E-state index in [2.05, 4.69) is 5.32 Å². The molecule has 1 saturated heterocycles. The monoisotopic (exact) mass is 113 g/mol. The largest absolute Gasteiger partial charge is 0.450 e. The van der Waals surface area contributed by atoms with E-state index in [1.54, 1.807) is 0 Å². The van der Waals surface area contributed by atoms with E-state index in [0.717, 1.165) is 19.5 Å². The Kier molecular flexibility index (Phi) is 1.92. The van der Waals surface area contributed by atoms with E-state index in [-0.39, 0.29) is 6.92 Å². The molecule has 1 fully saturated rings. The molecule has 2 N–H and O–H groups in total. The van der Waals surface area contributed by atoms with E-state index >= 15 is 0 Å². The van der Waals surface area contributed by atoms with Gasteiger partial charge in [-0.15, -0.1) is 0 Å². The first-order chi connectivity index (χ1) is 3.80. The molecule has 1 unspecified atom stereocenters. The number of hydrogen-bond donors (Lipinski definition) is 2. The molecule has 0 aromatic rings. The lowest BCUT2D eigenvalue weighted by Gasteiger charge is -2.05. The standard InChI is InChI=1S/C5H12BNO/c1-6(8)5-2-3-7-4-5/h5,7-8H,2-4H2,1H3. The van der Waals surface area contributed by atoms with Gasteiger partial charge in [-0.05, 0) is 25.3 Å². The Labute approximate surface area is 50.4 Å². The van der Waals surface area contributed by atoms with Crippen LogP contribution in [0.5, 0.6) is 0 Å². The first-order valence-electron chi connectivity index (χ1n) is 3.19. The lowest BCUT2D eigenvalue weighted by Crippen LogP contribution is -2.18. The maximum atomic E-state index is 9.01. The predicted molar refractivity (Wildman–Crippen MR) is 35.1 cm³/mol. The normalized spacial score (nSPS) is 28.5. The summed E-state index contributed by atoms with van der Waals surface area (Å²) in [5, 5.41) is 12.2. The Hall–Kier alpha value is -0.0151. The Morgan fingerprint density at radius 1 is 1.75 bits per heavy atom. The zero-order chi connectivity index (χ0) is 5.98. The molecule has 0 aliphatic carbocycles. The summed E-state index contributed by atoms with van der Waals surface area (Å²) in [6, 6.07) is 0. The third-order valence-corrected chi connectivity index (χ3v) is 1.78. The summed E-state index contributed by atoms with van der Waals surface area (Å²) in [5.74, 6) is 0.509. The molecule has 8 heavy (non-hydrogen) atoms. The summed E-state index contributed by atoms with van der Waals surface area (Å²) in [4.78, 5) is 0. The van der Waals surface area contributed by atoms with Crippen molar-refractivity contribution in [3.05, 3.63) is 0 Å². The second-order valence-corrected chi connectivity index (χ2v) is 2.49. The fourth-order valence-electron chi connectivity index (χ4n) is 1.09. The van der Waals surface area contributed by atoms with Crippen LogP contribution in [0, 0.1) is 0 Å². The predicted octanol–water partition coefficient (Wildman–Crippen LogP) is -0.0365. The van der Waals surface area contributed by atoms with Crippen LogP contribution in [0.3, 0.4) is 0 Å². The van der Waals surface area contributed by atoms with E-state index in [9.17, 15) is 0 Å². The second-order valence-electron chi connectivity index (χ2n) is 2.49. The fraction of sp³-hybridized carbons (Fsp3) is 1.00. The second kappa shape index (κ2) is 2.51. The van der Waals surface area contributed by atoms with Crippen LogP contribution in [0.2, 0.25) is 12.6 Å². The quantitative estimate of drug-likeness (QED) is 0.467. The number of hydrogen-bond acceptors (Lipinski definition) is 2. The van der Waals surface area contributed by atoms with Crippen molar-refractivity contribution in [2.24, 2.45) is 0 Å². The summed E-state index contributed by atoms with van der Waals surface area (Å²) >= 11 is 0.